The van der Waals surface area contributed by atoms with Crippen LogP contribution in [0.3, 0.4) is 0 Å². The molecule has 0 unspecified atom stereocenters. The molecule has 34 heavy (non-hydrogen) atoms. The van der Waals surface area contributed by atoms with Crippen molar-refractivity contribution in [2.75, 3.05) is 12.3 Å². The maximum absolute atomic E-state index is 12.7. The number of pyridine rings is 1. The van der Waals surface area contributed by atoms with Gasteiger partial charge in [-0.3, -0.25) is 4.98 Å². The number of hydrogen-bond acceptors (Lipinski definition) is 6. The molecule has 2 aromatic carbocycles. The molecule has 2 N–H and O–H groups in total. The maximum Gasteiger partial charge on any atom is 0.410 e. The Morgan fingerprint density at radius 3 is 2.76 bits per heavy atom. The van der Waals surface area contributed by atoms with Crippen molar-refractivity contribution < 1.29 is 9.53 Å². The van der Waals surface area contributed by atoms with Gasteiger partial charge in [0.05, 0.1) is 24.0 Å². The summed E-state index contributed by atoms with van der Waals surface area (Å²) >= 11 is 0. The second kappa shape index (κ2) is 8.15. The fraction of sp³-hybridized carbons (Fsp3) is 0.154. The number of aromatic nitrogens is 4. The number of ether oxygens (including phenoxy) is 1. The lowest BCUT2D eigenvalue weighted by atomic mass is 10.1. The first-order valence-corrected chi connectivity index (χ1v) is 11.1. The monoisotopic (exact) mass is 450 g/mol. The van der Waals surface area contributed by atoms with E-state index in [1.54, 1.807) is 15.6 Å². The second-order valence-corrected chi connectivity index (χ2v) is 8.34. The van der Waals surface area contributed by atoms with E-state index >= 15 is 0 Å². The standard InChI is InChI=1S/C26H22N6O2/c27-24-21-15-31(26(33)34-16-17-6-2-1-3-7-17)11-10-23(21)30-25-20(14-29-32(24)25)19-12-18-8-4-5-9-22(18)28-13-19/h1-9,12-14H,10-11,15-16,27H2. The highest BCUT2D eigenvalue weighted by Crippen LogP contribution is 2.30. The highest BCUT2D eigenvalue weighted by Gasteiger charge is 2.27. The van der Waals surface area contributed by atoms with Crippen LogP contribution in [0, 0.1) is 0 Å². The number of para-hydroxylation sites is 1. The molecule has 1 amide bonds. The van der Waals surface area contributed by atoms with Crippen molar-refractivity contribution >= 4 is 28.5 Å². The second-order valence-electron chi connectivity index (χ2n) is 8.34. The van der Waals surface area contributed by atoms with Crippen LogP contribution in [0.5, 0.6) is 0 Å². The van der Waals surface area contributed by atoms with Gasteiger partial charge in [-0.15, -0.1) is 0 Å². The molecule has 0 spiro atoms. The van der Waals surface area contributed by atoms with Crippen LogP contribution in [0.15, 0.2) is 73.1 Å². The van der Waals surface area contributed by atoms with E-state index in [1.165, 1.54) is 0 Å². The van der Waals surface area contributed by atoms with Crippen LogP contribution in [-0.2, 0) is 24.3 Å². The highest BCUT2D eigenvalue weighted by atomic mass is 16.6. The predicted molar refractivity (Wildman–Crippen MR) is 129 cm³/mol. The Kier molecular flexibility index (Phi) is 4.83. The number of nitrogens with two attached hydrogens (primary N) is 1. The summed E-state index contributed by atoms with van der Waals surface area (Å²) < 4.78 is 7.14. The van der Waals surface area contributed by atoms with Gasteiger partial charge in [-0.1, -0.05) is 48.5 Å². The van der Waals surface area contributed by atoms with Gasteiger partial charge in [0.2, 0.25) is 0 Å². The van der Waals surface area contributed by atoms with Gasteiger partial charge < -0.3 is 15.4 Å². The Morgan fingerprint density at radius 1 is 1.06 bits per heavy atom. The number of nitrogens with zero attached hydrogens (tertiary/aromatic N) is 5. The van der Waals surface area contributed by atoms with Crippen molar-refractivity contribution in [2.45, 2.75) is 19.6 Å². The Morgan fingerprint density at radius 2 is 1.88 bits per heavy atom. The van der Waals surface area contributed by atoms with E-state index in [1.807, 2.05) is 60.8 Å². The predicted octanol–water partition coefficient (Wildman–Crippen LogP) is 4.22. The van der Waals surface area contributed by atoms with Crippen molar-refractivity contribution in [1.29, 1.82) is 0 Å². The van der Waals surface area contributed by atoms with Crippen LogP contribution in [0.2, 0.25) is 0 Å². The zero-order valence-electron chi connectivity index (χ0n) is 18.4. The van der Waals surface area contributed by atoms with E-state index in [9.17, 15) is 4.79 Å². The largest absolute Gasteiger partial charge is 0.445 e. The summed E-state index contributed by atoms with van der Waals surface area (Å²) in [6.45, 7) is 1.09. The van der Waals surface area contributed by atoms with Gasteiger partial charge in [-0.05, 0) is 17.7 Å². The van der Waals surface area contributed by atoms with Gasteiger partial charge in [0.1, 0.15) is 12.4 Å². The number of nitrogen functional groups attached to an aromatic ring is 1. The van der Waals surface area contributed by atoms with Crippen LogP contribution in [-0.4, -0.2) is 37.1 Å². The van der Waals surface area contributed by atoms with Gasteiger partial charge >= 0.3 is 6.09 Å². The number of benzene rings is 2. The van der Waals surface area contributed by atoms with Crippen molar-refractivity contribution in [2.24, 2.45) is 0 Å². The molecule has 6 rings (SSSR count). The van der Waals surface area contributed by atoms with Gasteiger partial charge in [0.15, 0.2) is 5.65 Å². The summed E-state index contributed by atoms with van der Waals surface area (Å²) in [7, 11) is 0. The van der Waals surface area contributed by atoms with Crippen LogP contribution in [0.25, 0.3) is 27.7 Å². The quantitative estimate of drug-likeness (QED) is 0.442. The fourth-order valence-electron chi connectivity index (χ4n) is 4.38. The first-order chi connectivity index (χ1) is 16.7. The lowest BCUT2D eigenvalue weighted by Gasteiger charge is -2.28. The van der Waals surface area contributed by atoms with E-state index in [0.29, 0.717) is 31.0 Å². The van der Waals surface area contributed by atoms with Crippen LogP contribution in [0.1, 0.15) is 16.8 Å². The molecule has 1 aliphatic rings. The first kappa shape index (κ1) is 20.2. The molecule has 0 fully saturated rings. The zero-order valence-corrected chi connectivity index (χ0v) is 18.4. The third kappa shape index (κ3) is 3.49. The number of fused-ring (bicyclic) bond motifs is 3. The summed E-state index contributed by atoms with van der Waals surface area (Å²) in [6.07, 6.45) is 3.83. The molecule has 4 heterocycles. The highest BCUT2D eigenvalue weighted by molar-refractivity contribution is 5.87. The number of carbonyl (C=O) groups excluding carboxylic acids is 1. The molecule has 1 aliphatic heterocycles. The fourth-order valence-corrected chi connectivity index (χ4v) is 4.38. The van der Waals surface area contributed by atoms with Crippen molar-refractivity contribution in [3.8, 4) is 11.1 Å². The molecule has 3 aromatic heterocycles. The van der Waals surface area contributed by atoms with Gasteiger partial charge in [-0.2, -0.15) is 9.61 Å². The molecule has 0 radical (unpaired) electrons. The average Bonchev–Trinajstić information content (AvgIpc) is 3.32. The molecule has 0 bridgehead atoms. The average molecular weight is 451 g/mol. The summed E-state index contributed by atoms with van der Waals surface area (Å²) in [6, 6.07) is 19.7. The summed E-state index contributed by atoms with van der Waals surface area (Å²) in [5.74, 6) is 0.487. The molecular weight excluding hydrogens is 428 g/mol. The molecule has 0 aliphatic carbocycles. The number of rotatable bonds is 3. The molecule has 0 saturated carbocycles. The minimum absolute atomic E-state index is 0.234. The summed E-state index contributed by atoms with van der Waals surface area (Å²) in [4.78, 5) is 23.8. The lowest BCUT2D eigenvalue weighted by molar-refractivity contribution is 0.0916. The Bertz CT molecular complexity index is 1530. The van der Waals surface area contributed by atoms with E-state index in [0.717, 1.165) is 38.9 Å². The van der Waals surface area contributed by atoms with E-state index < -0.39 is 0 Å². The van der Waals surface area contributed by atoms with E-state index in [-0.39, 0.29) is 12.7 Å². The number of amides is 1. The molecule has 5 aromatic rings. The van der Waals surface area contributed by atoms with Crippen LogP contribution < -0.4 is 5.73 Å². The maximum atomic E-state index is 12.7. The van der Waals surface area contributed by atoms with E-state index in [4.69, 9.17) is 15.5 Å². The molecular formula is C26H22N6O2. The number of carbonyl (C=O) groups is 1. The van der Waals surface area contributed by atoms with Crippen LogP contribution >= 0.6 is 0 Å². The third-order valence-electron chi connectivity index (χ3n) is 6.20. The number of anilines is 1. The SMILES string of the molecule is Nc1c2c(nc3c(-c4cnc5ccccc5c4)cnn13)CCN(C(=O)OCc1ccccc1)C2. The lowest BCUT2D eigenvalue weighted by Crippen LogP contribution is -2.37. The van der Waals surface area contributed by atoms with Crippen LogP contribution in [0.4, 0.5) is 10.6 Å². The van der Waals surface area contributed by atoms with Gasteiger partial charge in [0, 0.05) is 41.2 Å². The molecule has 0 saturated heterocycles. The van der Waals surface area contributed by atoms with Crippen molar-refractivity contribution in [3.05, 3.63) is 89.9 Å². The topological polar surface area (TPSA) is 98.6 Å². The third-order valence-corrected chi connectivity index (χ3v) is 6.20. The minimum atomic E-state index is -0.364. The summed E-state index contributed by atoms with van der Waals surface area (Å²) in [5.41, 5.74) is 12.6. The zero-order chi connectivity index (χ0) is 23.1. The smallest absolute Gasteiger partial charge is 0.410 e. The van der Waals surface area contributed by atoms with Crippen molar-refractivity contribution in [1.82, 2.24) is 24.5 Å². The van der Waals surface area contributed by atoms with E-state index in [2.05, 4.69) is 16.1 Å². The Labute approximate surface area is 195 Å². The van der Waals surface area contributed by atoms with Crippen molar-refractivity contribution in [3.63, 3.8) is 0 Å². The van der Waals surface area contributed by atoms with Gasteiger partial charge in [0.25, 0.3) is 0 Å². The molecule has 168 valence electrons. The molecule has 8 heteroatoms. The van der Waals surface area contributed by atoms with Gasteiger partial charge in [-0.25, -0.2) is 9.78 Å². The first-order valence-electron chi connectivity index (χ1n) is 11.1. The number of hydrogen-bond donors (Lipinski definition) is 1. The molecule has 0 atom stereocenters. The minimum Gasteiger partial charge on any atom is -0.445 e. The molecule has 8 nitrogen and oxygen atoms in total. The Balaban J connectivity index is 1.28. The Hall–Kier alpha value is -4.46. The summed E-state index contributed by atoms with van der Waals surface area (Å²) in [5, 5.41) is 5.55. The normalized spacial score (nSPS) is 13.2.